The summed E-state index contributed by atoms with van der Waals surface area (Å²) in [6, 6.07) is 8.13. The molecule has 2 aromatic heterocycles. The van der Waals surface area contributed by atoms with E-state index in [0.29, 0.717) is 30.8 Å². The Balaban J connectivity index is 1.41. The van der Waals surface area contributed by atoms with Gasteiger partial charge in [-0.15, -0.1) is 0 Å². The van der Waals surface area contributed by atoms with Crippen LogP contribution in [0.5, 0.6) is 11.5 Å². The molecule has 1 fully saturated rings. The first-order valence-electron chi connectivity index (χ1n) is 9.67. The standard InChI is InChI=1S/C20H22N4O3S/c1-13-10-19(25)24-20(21-13)28-18(22-24)12-23-7-2-4-15(23)14-5-6-16-17(11-14)27-9-3-8-26-16/h5-6,10-11,15H,2-4,7-9,12H2,1H3. The van der Waals surface area contributed by atoms with Crippen LogP contribution in [0.4, 0.5) is 0 Å². The van der Waals surface area contributed by atoms with Crippen molar-refractivity contribution in [2.75, 3.05) is 19.8 Å². The first-order chi connectivity index (χ1) is 13.7. The predicted octanol–water partition coefficient (Wildman–Crippen LogP) is 2.96. The van der Waals surface area contributed by atoms with Crippen LogP contribution in [0.15, 0.2) is 29.1 Å². The van der Waals surface area contributed by atoms with E-state index in [1.165, 1.54) is 27.5 Å². The molecule has 1 atom stereocenters. The van der Waals surface area contributed by atoms with Crippen molar-refractivity contribution in [3.05, 3.63) is 50.9 Å². The van der Waals surface area contributed by atoms with Crippen LogP contribution in [0.2, 0.25) is 0 Å². The number of rotatable bonds is 3. The van der Waals surface area contributed by atoms with Gasteiger partial charge >= 0.3 is 0 Å². The number of hydrogen-bond acceptors (Lipinski definition) is 7. The minimum Gasteiger partial charge on any atom is -0.490 e. The first kappa shape index (κ1) is 17.6. The third kappa shape index (κ3) is 3.27. The molecule has 7 nitrogen and oxygen atoms in total. The van der Waals surface area contributed by atoms with E-state index >= 15 is 0 Å². The summed E-state index contributed by atoms with van der Waals surface area (Å²) in [5.41, 5.74) is 1.85. The van der Waals surface area contributed by atoms with Crippen LogP contribution in [0.1, 0.15) is 41.6 Å². The summed E-state index contributed by atoms with van der Waals surface area (Å²) in [7, 11) is 0. The molecule has 0 N–H and O–H groups in total. The minimum atomic E-state index is -0.120. The Bertz CT molecular complexity index is 1080. The molecule has 8 heteroatoms. The van der Waals surface area contributed by atoms with Crippen molar-refractivity contribution in [1.29, 1.82) is 0 Å². The molecular weight excluding hydrogens is 376 g/mol. The van der Waals surface area contributed by atoms with E-state index in [1.54, 1.807) is 0 Å². The molecule has 3 aromatic rings. The van der Waals surface area contributed by atoms with Crippen LogP contribution >= 0.6 is 11.3 Å². The second-order valence-electron chi connectivity index (χ2n) is 7.31. The fraction of sp³-hybridized carbons (Fsp3) is 0.450. The quantitative estimate of drug-likeness (QED) is 0.676. The molecule has 0 aliphatic carbocycles. The van der Waals surface area contributed by atoms with Gasteiger partial charge in [0.25, 0.3) is 5.56 Å². The number of aryl methyl sites for hydroxylation is 1. The molecule has 146 valence electrons. The van der Waals surface area contributed by atoms with Gasteiger partial charge in [-0.25, -0.2) is 4.98 Å². The van der Waals surface area contributed by atoms with Gasteiger partial charge in [-0.3, -0.25) is 9.69 Å². The first-order valence-corrected chi connectivity index (χ1v) is 10.5. The van der Waals surface area contributed by atoms with Crippen molar-refractivity contribution in [2.45, 2.75) is 38.8 Å². The lowest BCUT2D eigenvalue weighted by Crippen LogP contribution is -2.23. The van der Waals surface area contributed by atoms with Crippen LogP contribution < -0.4 is 15.0 Å². The molecule has 2 aliphatic rings. The van der Waals surface area contributed by atoms with Crippen molar-refractivity contribution in [3.8, 4) is 11.5 Å². The van der Waals surface area contributed by atoms with E-state index in [9.17, 15) is 4.79 Å². The Morgan fingerprint density at radius 3 is 2.93 bits per heavy atom. The Kier molecular flexibility index (Phi) is 4.52. The van der Waals surface area contributed by atoms with Crippen LogP contribution in [0, 0.1) is 6.92 Å². The Morgan fingerprint density at radius 1 is 1.18 bits per heavy atom. The van der Waals surface area contributed by atoms with Gasteiger partial charge in [0.2, 0.25) is 4.96 Å². The summed E-state index contributed by atoms with van der Waals surface area (Å²) >= 11 is 1.49. The van der Waals surface area contributed by atoms with Gasteiger partial charge in [-0.05, 0) is 44.0 Å². The van der Waals surface area contributed by atoms with Gasteiger partial charge in [-0.2, -0.15) is 9.61 Å². The maximum absolute atomic E-state index is 12.1. The molecule has 1 saturated heterocycles. The van der Waals surface area contributed by atoms with Crippen molar-refractivity contribution >= 4 is 16.3 Å². The zero-order chi connectivity index (χ0) is 19.1. The predicted molar refractivity (Wildman–Crippen MR) is 106 cm³/mol. The molecule has 2 aliphatic heterocycles. The van der Waals surface area contributed by atoms with Crippen molar-refractivity contribution in [1.82, 2.24) is 19.5 Å². The van der Waals surface area contributed by atoms with E-state index in [2.05, 4.69) is 27.1 Å². The van der Waals surface area contributed by atoms with E-state index in [0.717, 1.165) is 48.0 Å². The maximum Gasteiger partial charge on any atom is 0.275 e. The molecule has 0 bridgehead atoms. The summed E-state index contributed by atoms with van der Waals surface area (Å²) < 4.78 is 13.0. The molecule has 28 heavy (non-hydrogen) atoms. The van der Waals surface area contributed by atoms with Gasteiger partial charge in [0.1, 0.15) is 5.01 Å². The third-order valence-electron chi connectivity index (χ3n) is 5.27. The molecule has 5 rings (SSSR count). The Labute approximate surface area is 166 Å². The van der Waals surface area contributed by atoms with Gasteiger partial charge in [0.05, 0.1) is 19.8 Å². The van der Waals surface area contributed by atoms with Gasteiger partial charge in [0, 0.05) is 24.2 Å². The zero-order valence-electron chi connectivity index (χ0n) is 15.8. The van der Waals surface area contributed by atoms with Crippen molar-refractivity contribution < 1.29 is 9.47 Å². The summed E-state index contributed by atoms with van der Waals surface area (Å²) in [4.78, 5) is 19.6. The van der Waals surface area contributed by atoms with Gasteiger partial charge in [-0.1, -0.05) is 17.4 Å². The number of ether oxygens (including phenoxy) is 2. The highest BCUT2D eigenvalue weighted by Crippen LogP contribution is 2.38. The fourth-order valence-electron chi connectivity index (χ4n) is 3.98. The normalized spacial score (nSPS) is 19.8. The van der Waals surface area contributed by atoms with E-state index in [1.807, 2.05) is 13.0 Å². The number of benzene rings is 1. The molecule has 0 amide bonds. The fourth-order valence-corrected chi connectivity index (χ4v) is 4.95. The van der Waals surface area contributed by atoms with E-state index in [-0.39, 0.29) is 5.56 Å². The second-order valence-corrected chi connectivity index (χ2v) is 8.35. The summed E-state index contributed by atoms with van der Waals surface area (Å²) in [6.07, 6.45) is 3.15. The number of fused-ring (bicyclic) bond motifs is 2. The molecule has 4 heterocycles. The van der Waals surface area contributed by atoms with Crippen molar-refractivity contribution in [3.63, 3.8) is 0 Å². The van der Waals surface area contributed by atoms with Crippen LogP contribution in [0.25, 0.3) is 4.96 Å². The number of nitrogens with zero attached hydrogens (tertiary/aromatic N) is 4. The number of likely N-dealkylation sites (tertiary alicyclic amines) is 1. The number of aromatic nitrogens is 3. The van der Waals surface area contributed by atoms with Gasteiger partial charge in [0.15, 0.2) is 11.5 Å². The lowest BCUT2D eigenvalue weighted by molar-refractivity contribution is 0.246. The highest BCUT2D eigenvalue weighted by atomic mass is 32.1. The largest absolute Gasteiger partial charge is 0.490 e. The molecule has 0 saturated carbocycles. The number of hydrogen-bond donors (Lipinski definition) is 0. The topological polar surface area (TPSA) is 69.0 Å². The second kappa shape index (κ2) is 7.18. The van der Waals surface area contributed by atoms with E-state index < -0.39 is 0 Å². The third-order valence-corrected chi connectivity index (χ3v) is 6.17. The molecule has 0 spiro atoms. The minimum absolute atomic E-state index is 0.120. The molecular formula is C20H22N4O3S. The summed E-state index contributed by atoms with van der Waals surface area (Å²) in [5, 5.41) is 5.41. The van der Waals surface area contributed by atoms with Crippen molar-refractivity contribution in [2.24, 2.45) is 0 Å². The Morgan fingerprint density at radius 2 is 2.04 bits per heavy atom. The van der Waals surface area contributed by atoms with Gasteiger partial charge < -0.3 is 9.47 Å². The van der Waals surface area contributed by atoms with Crippen LogP contribution in [0.3, 0.4) is 0 Å². The summed E-state index contributed by atoms with van der Waals surface area (Å²) in [5.74, 6) is 1.67. The lowest BCUT2D eigenvalue weighted by Gasteiger charge is -2.24. The molecule has 1 aromatic carbocycles. The van der Waals surface area contributed by atoms with E-state index in [4.69, 9.17) is 9.47 Å². The summed E-state index contributed by atoms with van der Waals surface area (Å²) in [6.45, 7) is 4.95. The molecule has 1 unspecified atom stereocenters. The Hall–Kier alpha value is -2.45. The maximum atomic E-state index is 12.1. The average molecular weight is 398 g/mol. The van der Waals surface area contributed by atoms with Crippen LogP contribution in [-0.4, -0.2) is 39.3 Å². The smallest absolute Gasteiger partial charge is 0.275 e. The lowest BCUT2D eigenvalue weighted by atomic mass is 10.0. The highest BCUT2D eigenvalue weighted by molar-refractivity contribution is 7.16. The monoisotopic (exact) mass is 398 g/mol. The molecule has 0 radical (unpaired) electrons. The van der Waals surface area contributed by atoms with Crippen LogP contribution in [-0.2, 0) is 6.54 Å². The SMILES string of the molecule is Cc1cc(=O)n2nc(CN3CCCC3c3ccc4c(c3)OCCCO4)sc2n1. The zero-order valence-corrected chi connectivity index (χ0v) is 16.6. The highest BCUT2D eigenvalue weighted by Gasteiger charge is 2.28. The average Bonchev–Trinajstić information content (AvgIpc) is 3.22.